The lowest BCUT2D eigenvalue weighted by atomic mass is 9.93. The molecule has 0 saturated heterocycles. The predicted molar refractivity (Wildman–Crippen MR) is 63.3 cm³/mol. The molecule has 1 rings (SSSR count). The maximum Gasteiger partial charge on any atom is 0.310 e. The van der Waals surface area contributed by atoms with E-state index in [-0.39, 0.29) is 0 Å². The van der Waals surface area contributed by atoms with Gasteiger partial charge in [-0.1, -0.05) is 0 Å². The minimum Gasteiger partial charge on any atom is -0.481 e. The van der Waals surface area contributed by atoms with Crippen LogP contribution in [-0.2, 0) is 4.79 Å². The van der Waals surface area contributed by atoms with Crippen LogP contribution in [0.25, 0.3) is 0 Å². The molecule has 0 saturated carbocycles. The number of anilines is 2. The third-order valence-electron chi connectivity index (χ3n) is 2.45. The molecule has 1 heterocycles. The van der Waals surface area contributed by atoms with Crippen molar-refractivity contribution in [3.8, 4) is 0 Å². The Morgan fingerprint density at radius 3 is 2.75 bits per heavy atom. The van der Waals surface area contributed by atoms with E-state index in [1.165, 1.54) is 0 Å². The van der Waals surface area contributed by atoms with Crippen molar-refractivity contribution in [2.24, 2.45) is 5.41 Å². The monoisotopic (exact) mass is 223 g/mol. The average Bonchev–Trinajstić information content (AvgIpc) is 2.17. The number of rotatable bonds is 4. The third-order valence-corrected chi connectivity index (χ3v) is 2.45. The number of pyridine rings is 1. The highest BCUT2D eigenvalue weighted by molar-refractivity contribution is 5.75. The van der Waals surface area contributed by atoms with Gasteiger partial charge in [-0.25, -0.2) is 0 Å². The summed E-state index contributed by atoms with van der Waals surface area (Å²) < 4.78 is 0. The Balaban J connectivity index is 2.85. The summed E-state index contributed by atoms with van der Waals surface area (Å²) in [5.41, 5.74) is 6.29. The highest BCUT2D eigenvalue weighted by Gasteiger charge is 2.29. The number of nitrogen functional groups attached to an aromatic ring is 1. The smallest absolute Gasteiger partial charge is 0.310 e. The Hall–Kier alpha value is -1.78. The quantitative estimate of drug-likeness (QED) is 0.802. The first-order valence-electron chi connectivity index (χ1n) is 4.98. The molecule has 0 aliphatic carbocycles. The molecule has 0 fully saturated rings. The number of nitrogens with zero attached hydrogens (tertiary/aromatic N) is 2. The van der Waals surface area contributed by atoms with Gasteiger partial charge in [0.25, 0.3) is 0 Å². The zero-order valence-corrected chi connectivity index (χ0v) is 9.77. The second-order valence-corrected chi connectivity index (χ2v) is 4.48. The van der Waals surface area contributed by atoms with Gasteiger partial charge < -0.3 is 15.7 Å². The molecule has 0 aromatic carbocycles. The van der Waals surface area contributed by atoms with Gasteiger partial charge in [-0.3, -0.25) is 9.78 Å². The topological polar surface area (TPSA) is 79.5 Å². The molecule has 3 N–H and O–H groups in total. The first kappa shape index (κ1) is 12.3. The largest absolute Gasteiger partial charge is 0.481 e. The van der Waals surface area contributed by atoms with Gasteiger partial charge in [0.15, 0.2) is 0 Å². The summed E-state index contributed by atoms with van der Waals surface area (Å²) in [6, 6.07) is 1.77. The van der Waals surface area contributed by atoms with Crippen molar-refractivity contribution in [2.45, 2.75) is 13.8 Å². The fraction of sp³-hybridized carbons (Fsp3) is 0.455. The Kier molecular flexibility index (Phi) is 3.37. The van der Waals surface area contributed by atoms with Gasteiger partial charge in [0.1, 0.15) is 0 Å². The predicted octanol–water partition coefficient (Wildman–Crippen LogP) is 1.21. The first-order valence-corrected chi connectivity index (χ1v) is 4.98. The molecule has 5 heteroatoms. The number of hydrogen-bond acceptors (Lipinski definition) is 4. The van der Waals surface area contributed by atoms with E-state index in [1.54, 1.807) is 32.3 Å². The molecule has 0 radical (unpaired) electrons. The number of carbonyl (C=O) groups is 1. The van der Waals surface area contributed by atoms with Gasteiger partial charge in [0.05, 0.1) is 23.0 Å². The van der Waals surface area contributed by atoms with Crippen molar-refractivity contribution in [1.82, 2.24) is 4.98 Å². The molecular formula is C11H17N3O2. The van der Waals surface area contributed by atoms with Gasteiger partial charge in [-0.15, -0.1) is 0 Å². The summed E-state index contributed by atoms with van der Waals surface area (Å²) in [5, 5.41) is 9.04. The van der Waals surface area contributed by atoms with Crippen molar-refractivity contribution < 1.29 is 9.90 Å². The van der Waals surface area contributed by atoms with Crippen LogP contribution in [0.5, 0.6) is 0 Å². The van der Waals surface area contributed by atoms with Crippen LogP contribution in [0.4, 0.5) is 11.4 Å². The number of carboxylic acid groups (broad SMARTS) is 1. The van der Waals surface area contributed by atoms with Gasteiger partial charge in [0.2, 0.25) is 0 Å². The fourth-order valence-electron chi connectivity index (χ4n) is 1.49. The normalized spacial score (nSPS) is 11.2. The van der Waals surface area contributed by atoms with Crippen LogP contribution in [-0.4, -0.2) is 29.7 Å². The maximum atomic E-state index is 11.0. The van der Waals surface area contributed by atoms with Gasteiger partial charge in [-0.05, 0) is 19.9 Å². The molecular weight excluding hydrogens is 206 g/mol. The second-order valence-electron chi connectivity index (χ2n) is 4.48. The molecule has 0 spiro atoms. The van der Waals surface area contributed by atoms with Crippen LogP contribution < -0.4 is 10.6 Å². The summed E-state index contributed by atoms with van der Waals surface area (Å²) in [4.78, 5) is 16.7. The molecule has 0 unspecified atom stereocenters. The van der Waals surface area contributed by atoms with E-state index in [4.69, 9.17) is 10.8 Å². The molecule has 1 aromatic heterocycles. The summed E-state index contributed by atoms with van der Waals surface area (Å²) in [5.74, 6) is -0.827. The molecule has 88 valence electrons. The van der Waals surface area contributed by atoms with Gasteiger partial charge in [0, 0.05) is 19.8 Å². The van der Waals surface area contributed by atoms with Crippen molar-refractivity contribution >= 4 is 17.3 Å². The van der Waals surface area contributed by atoms with Crippen LogP contribution >= 0.6 is 0 Å². The van der Waals surface area contributed by atoms with Gasteiger partial charge >= 0.3 is 5.97 Å². The number of carboxylic acids is 1. The summed E-state index contributed by atoms with van der Waals surface area (Å²) in [6.07, 6.45) is 3.19. The van der Waals surface area contributed by atoms with E-state index >= 15 is 0 Å². The molecule has 1 aromatic rings. The highest BCUT2D eigenvalue weighted by Crippen LogP contribution is 2.24. The Morgan fingerprint density at radius 1 is 1.62 bits per heavy atom. The van der Waals surface area contributed by atoms with Crippen molar-refractivity contribution in [1.29, 1.82) is 0 Å². The van der Waals surface area contributed by atoms with Crippen molar-refractivity contribution in [3.05, 3.63) is 18.5 Å². The minimum absolute atomic E-state index is 0.385. The Morgan fingerprint density at radius 2 is 2.25 bits per heavy atom. The van der Waals surface area contributed by atoms with Crippen LogP contribution in [0.2, 0.25) is 0 Å². The molecule has 0 atom stereocenters. The standard InChI is InChI=1S/C11H17N3O2/c1-11(2,10(15)16)7-14(3)9-4-5-13-6-8(9)12/h4-6H,7,12H2,1-3H3,(H,15,16). The van der Waals surface area contributed by atoms with E-state index in [2.05, 4.69) is 4.98 Å². The number of aromatic nitrogens is 1. The summed E-state index contributed by atoms with van der Waals surface area (Å²) in [7, 11) is 1.82. The summed E-state index contributed by atoms with van der Waals surface area (Å²) >= 11 is 0. The van der Waals surface area contributed by atoms with Crippen LogP contribution in [0, 0.1) is 5.41 Å². The molecule has 0 bridgehead atoms. The average molecular weight is 223 g/mol. The van der Waals surface area contributed by atoms with Crippen molar-refractivity contribution in [2.75, 3.05) is 24.2 Å². The van der Waals surface area contributed by atoms with Crippen LogP contribution in [0.3, 0.4) is 0 Å². The van der Waals surface area contributed by atoms with Crippen LogP contribution in [0.15, 0.2) is 18.5 Å². The zero-order chi connectivity index (χ0) is 12.3. The van der Waals surface area contributed by atoms with Crippen molar-refractivity contribution in [3.63, 3.8) is 0 Å². The molecule has 0 aliphatic heterocycles. The van der Waals surface area contributed by atoms with E-state index < -0.39 is 11.4 Å². The molecule has 0 amide bonds. The van der Waals surface area contributed by atoms with E-state index in [9.17, 15) is 4.79 Å². The first-order chi connectivity index (χ1) is 7.34. The van der Waals surface area contributed by atoms with E-state index in [0.717, 1.165) is 5.69 Å². The Bertz CT molecular complexity index is 391. The maximum absolute atomic E-state index is 11.0. The second kappa shape index (κ2) is 4.38. The Labute approximate surface area is 94.9 Å². The summed E-state index contributed by atoms with van der Waals surface area (Å²) in [6.45, 7) is 3.75. The SMILES string of the molecule is CN(CC(C)(C)C(=O)O)c1ccncc1N. The molecule has 0 aliphatic rings. The fourth-order valence-corrected chi connectivity index (χ4v) is 1.49. The van der Waals surface area contributed by atoms with Crippen LogP contribution in [0.1, 0.15) is 13.8 Å². The lowest BCUT2D eigenvalue weighted by Gasteiger charge is -2.28. The minimum atomic E-state index is -0.827. The number of hydrogen-bond donors (Lipinski definition) is 2. The lowest BCUT2D eigenvalue weighted by molar-refractivity contribution is -0.146. The lowest BCUT2D eigenvalue weighted by Crippen LogP contribution is -2.37. The highest BCUT2D eigenvalue weighted by atomic mass is 16.4. The van der Waals surface area contributed by atoms with Gasteiger partial charge in [-0.2, -0.15) is 0 Å². The number of nitrogens with two attached hydrogens (primary N) is 1. The third kappa shape index (κ3) is 2.62. The molecule has 16 heavy (non-hydrogen) atoms. The number of aliphatic carboxylic acids is 1. The zero-order valence-electron chi connectivity index (χ0n) is 9.77. The van der Waals surface area contributed by atoms with E-state index in [1.807, 2.05) is 11.9 Å². The van der Waals surface area contributed by atoms with E-state index in [0.29, 0.717) is 12.2 Å². The molecule has 5 nitrogen and oxygen atoms in total.